The smallest absolute Gasteiger partial charge is 0.127 e. The van der Waals surface area contributed by atoms with Crippen molar-refractivity contribution >= 4 is 11.6 Å². The second kappa shape index (κ2) is 5.47. The first-order chi connectivity index (χ1) is 11.2. The average Bonchev–Trinajstić information content (AvgIpc) is 3.05. The molecule has 0 saturated carbocycles. The van der Waals surface area contributed by atoms with E-state index in [1.807, 2.05) is 6.07 Å². The predicted octanol–water partition coefficient (Wildman–Crippen LogP) is 5.23. The van der Waals surface area contributed by atoms with Gasteiger partial charge in [-0.15, -0.1) is 0 Å². The van der Waals surface area contributed by atoms with E-state index in [1.54, 1.807) is 0 Å². The molecule has 1 aliphatic rings. The van der Waals surface area contributed by atoms with E-state index in [4.69, 9.17) is 4.74 Å². The Bertz CT molecular complexity index is 884. The summed E-state index contributed by atoms with van der Waals surface area (Å²) in [5, 5.41) is 0. The zero-order chi connectivity index (χ0) is 15.8. The number of benzene rings is 2. The van der Waals surface area contributed by atoms with Crippen LogP contribution in [-0.4, -0.2) is 11.6 Å². The molecule has 3 aromatic rings. The highest BCUT2D eigenvalue weighted by Crippen LogP contribution is 2.31. The lowest BCUT2D eigenvalue weighted by molar-refractivity contribution is 0.365. The standard InChI is InChI=1S/C21H19NO/c1-14-3-6-16(7-4-14)19-8-9-20(22-19)18-12-17-11-15(2)5-10-21(17)23-13-18/h3-12,22H,13H2,1-2H3. The van der Waals surface area contributed by atoms with Crippen molar-refractivity contribution in [1.29, 1.82) is 0 Å². The molecule has 0 amide bonds. The van der Waals surface area contributed by atoms with Gasteiger partial charge < -0.3 is 9.72 Å². The Morgan fingerprint density at radius 3 is 2.39 bits per heavy atom. The van der Waals surface area contributed by atoms with Crippen LogP contribution in [0.2, 0.25) is 0 Å². The lowest BCUT2D eigenvalue weighted by atomic mass is 10.0. The molecule has 0 spiro atoms. The molecule has 4 rings (SSSR count). The maximum Gasteiger partial charge on any atom is 0.127 e. The molecule has 1 aliphatic heterocycles. The van der Waals surface area contributed by atoms with Crippen molar-refractivity contribution in [1.82, 2.24) is 4.98 Å². The summed E-state index contributed by atoms with van der Waals surface area (Å²) in [5.41, 5.74) is 8.31. The zero-order valence-electron chi connectivity index (χ0n) is 13.4. The Balaban J connectivity index is 1.68. The normalized spacial score (nSPS) is 13.2. The summed E-state index contributed by atoms with van der Waals surface area (Å²) in [6.45, 7) is 4.81. The fourth-order valence-electron chi connectivity index (χ4n) is 2.94. The van der Waals surface area contributed by atoms with Gasteiger partial charge in [-0.05, 0) is 49.8 Å². The summed E-state index contributed by atoms with van der Waals surface area (Å²) in [5.74, 6) is 0.963. The van der Waals surface area contributed by atoms with Crippen molar-refractivity contribution in [3.05, 3.63) is 77.0 Å². The molecule has 0 aliphatic carbocycles. The van der Waals surface area contributed by atoms with Crippen LogP contribution in [0.5, 0.6) is 5.75 Å². The van der Waals surface area contributed by atoms with E-state index < -0.39 is 0 Å². The van der Waals surface area contributed by atoms with Crippen LogP contribution >= 0.6 is 0 Å². The number of hydrogen-bond acceptors (Lipinski definition) is 1. The van der Waals surface area contributed by atoms with Crippen molar-refractivity contribution in [3.63, 3.8) is 0 Å². The first-order valence-electron chi connectivity index (χ1n) is 7.89. The Morgan fingerprint density at radius 1 is 0.826 bits per heavy atom. The number of fused-ring (bicyclic) bond motifs is 1. The first kappa shape index (κ1) is 13.9. The number of rotatable bonds is 2. The van der Waals surface area contributed by atoms with E-state index in [-0.39, 0.29) is 0 Å². The maximum absolute atomic E-state index is 5.89. The van der Waals surface area contributed by atoms with Gasteiger partial charge in [0.2, 0.25) is 0 Å². The Kier molecular flexibility index (Phi) is 3.30. The SMILES string of the molecule is Cc1ccc(-c2ccc(C3=Cc4cc(C)ccc4OC3)[nH]2)cc1. The highest BCUT2D eigenvalue weighted by atomic mass is 16.5. The topological polar surface area (TPSA) is 25.0 Å². The van der Waals surface area contributed by atoms with E-state index in [0.717, 1.165) is 22.7 Å². The van der Waals surface area contributed by atoms with Gasteiger partial charge in [-0.3, -0.25) is 0 Å². The van der Waals surface area contributed by atoms with Crippen LogP contribution in [0.25, 0.3) is 22.9 Å². The number of aryl methyl sites for hydroxylation is 2. The molecule has 114 valence electrons. The average molecular weight is 301 g/mol. The van der Waals surface area contributed by atoms with Crippen LogP contribution in [0.1, 0.15) is 22.4 Å². The number of aromatic nitrogens is 1. The second-order valence-corrected chi connectivity index (χ2v) is 6.15. The summed E-state index contributed by atoms with van der Waals surface area (Å²) >= 11 is 0. The predicted molar refractivity (Wildman–Crippen MR) is 95.5 cm³/mol. The number of hydrogen-bond donors (Lipinski definition) is 1. The van der Waals surface area contributed by atoms with Crippen LogP contribution in [0, 0.1) is 13.8 Å². The molecule has 0 radical (unpaired) electrons. The van der Waals surface area contributed by atoms with Gasteiger partial charge in [0.1, 0.15) is 12.4 Å². The van der Waals surface area contributed by atoms with Gasteiger partial charge in [0.05, 0.1) is 0 Å². The molecule has 1 N–H and O–H groups in total. The van der Waals surface area contributed by atoms with E-state index in [2.05, 4.69) is 73.4 Å². The van der Waals surface area contributed by atoms with Crippen molar-refractivity contribution < 1.29 is 4.74 Å². The van der Waals surface area contributed by atoms with E-state index in [9.17, 15) is 0 Å². The molecule has 2 heteroatoms. The van der Waals surface area contributed by atoms with Crippen molar-refractivity contribution in [2.75, 3.05) is 6.61 Å². The summed E-state index contributed by atoms with van der Waals surface area (Å²) < 4.78 is 5.89. The lowest BCUT2D eigenvalue weighted by Crippen LogP contribution is -2.07. The molecule has 0 saturated heterocycles. The molecule has 0 bridgehead atoms. The highest BCUT2D eigenvalue weighted by Gasteiger charge is 2.14. The van der Waals surface area contributed by atoms with Gasteiger partial charge in [0, 0.05) is 22.5 Å². The lowest BCUT2D eigenvalue weighted by Gasteiger charge is -2.17. The van der Waals surface area contributed by atoms with E-state index >= 15 is 0 Å². The molecule has 1 aromatic heterocycles. The van der Waals surface area contributed by atoms with Gasteiger partial charge in [-0.2, -0.15) is 0 Å². The molecule has 2 aromatic carbocycles. The zero-order valence-corrected chi connectivity index (χ0v) is 13.4. The molecule has 0 fully saturated rings. The fourth-order valence-corrected chi connectivity index (χ4v) is 2.94. The fraction of sp³-hybridized carbons (Fsp3) is 0.143. The van der Waals surface area contributed by atoms with Gasteiger partial charge in [-0.1, -0.05) is 41.5 Å². The summed E-state index contributed by atoms with van der Waals surface area (Å²) in [4.78, 5) is 3.52. The number of ether oxygens (including phenoxy) is 1. The van der Waals surface area contributed by atoms with Crippen molar-refractivity contribution in [2.24, 2.45) is 0 Å². The number of aromatic amines is 1. The van der Waals surface area contributed by atoms with Crippen LogP contribution in [0.3, 0.4) is 0 Å². The van der Waals surface area contributed by atoms with Crippen LogP contribution in [0.4, 0.5) is 0 Å². The maximum atomic E-state index is 5.89. The summed E-state index contributed by atoms with van der Waals surface area (Å²) in [7, 11) is 0. The third-order valence-corrected chi connectivity index (χ3v) is 4.27. The molecule has 23 heavy (non-hydrogen) atoms. The minimum Gasteiger partial charge on any atom is -0.488 e. The van der Waals surface area contributed by atoms with Gasteiger partial charge in [0.25, 0.3) is 0 Å². The third kappa shape index (κ3) is 2.68. The Hall–Kier alpha value is -2.74. The van der Waals surface area contributed by atoms with Crippen molar-refractivity contribution in [2.45, 2.75) is 13.8 Å². The van der Waals surface area contributed by atoms with Gasteiger partial charge in [-0.25, -0.2) is 0 Å². The van der Waals surface area contributed by atoms with Crippen LogP contribution < -0.4 is 4.74 Å². The largest absolute Gasteiger partial charge is 0.488 e. The molecular formula is C21H19NO. The monoisotopic (exact) mass is 301 g/mol. The number of H-pyrrole nitrogens is 1. The molecule has 2 heterocycles. The highest BCUT2D eigenvalue weighted by molar-refractivity contribution is 5.85. The van der Waals surface area contributed by atoms with E-state index in [0.29, 0.717) is 6.61 Å². The summed E-state index contributed by atoms with van der Waals surface area (Å²) in [6, 6.07) is 19.1. The minimum atomic E-state index is 0.601. The van der Waals surface area contributed by atoms with Crippen LogP contribution in [-0.2, 0) is 0 Å². The Labute approximate surface area is 136 Å². The quantitative estimate of drug-likeness (QED) is 0.688. The van der Waals surface area contributed by atoms with Gasteiger partial charge >= 0.3 is 0 Å². The first-order valence-corrected chi connectivity index (χ1v) is 7.89. The minimum absolute atomic E-state index is 0.601. The third-order valence-electron chi connectivity index (χ3n) is 4.27. The second-order valence-electron chi connectivity index (χ2n) is 6.15. The Morgan fingerprint density at radius 2 is 1.57 bits per heavy atom. The van der Waals surface area contributed by atoms with Gasteiger partial charge in [0.15, 0.2) is 0 Å². The molecule has 2 nitrogen and oxygen atoms in total. The van der Waals surface area contributed by atoms with Crippen LogP contribution in [0.15, 0.2) is 54.6 Å². The molecular weight excluding hydrogens is 282 g/mol. The summed E-state index contributed by atoms with van der Waals surface area (Å²) in [6.07, 6.45) is 2.22. The van der Waals surface area contributed by atoms with E-state index in [1.165, 1.54) is 22.3 Å². The van der Waals surface area contributed by atoms with Crippen molar-refractivity contribution in [3.8, 4) is 17.0 Å². The molecule has 0 atom stereocenters. The molecule has 0 unspecified atom stereocenters. The number of nitrogens with one attached hydrogen (secondary N) is 1.